The lowest BCUT2D eigenvalue weighted by Gasteiger charge is -2.23. The molecule has 4 amide bonds. The molecular formula is C25H27N3O6. The third-order valence-electron chi connectivity index (χ3n) is 6.05. The number of nitrogens with one attached hydrogen (secondary N) is 2. The molecule has 178 valence electrons. The molecule has 4 rings (SSSR count). The summed E-state index contributed by atoms with van der Waals surface area (Å²) in [5, 5.41) is 5.50. The highest BCUT2D eigenvalue weighted by Crippen LogP contribution is 2.36. The second kappa shape index (κ2) is 9.17. The van der Waals surface area contributed by atoms with E-state index >= 15 is 0 Å². The van der Waals surface area contributed by atoms with Gasteiger partial charge in [-0.25, -0.2) is 4.79 Å². The molecule has 9 heteroatoms. The second-order valence-electron chi connectivity index (χ2n) is 8.63. The third kappa shape index (κ3) is 4.46. The van der Waals surface area contributed by atoms with Crippen molar-refractivity contribution in [1.29, 1.82) is 0 Å². The van der Waals surface area contributed by atoms with E-state index in [0.717, 1.165) is 16.9 Å². The average molecular weight is 466 g/mol. The van der Waals surface area contributed by atoms with Gasteiger partial charge in [-0.2, -0.15) is 0 Å². The van der Waals surface area contributed by atoms with Crippen molar-refractivity contribution in [1.82, 2.24) is 15.5 Å². The number of rotatable bonds is 6. The molecule has 0 aromatic heterocycles. The Hall–Kier alpha value is -3.88. The van der Waals surface area contributed by atoms with Gasteiger partial charge in [0.25, 0.3) is 5.91 Å². The summed E-state index contributed by atoms with van der Waals surface area (Å²) >= 11 is 0. The van der Waals surface area contributed by atoms with Gasteiger partial charge >= 0.3 is 6.03 Å². The molecule has 2 aliphatic heterocycles. The molecule has 0 bridgehead atoms. The van der Waals surface area contributed by atoms with Crippen LogP contribution in [0.1, 0.15) is 54.7 Å². The van der Waals surface area contributed by atoms with Crippen LogP contribution in [0.3, 0.4) is 0 Å². The van der Waals surface area contributed by atoms with Gasteiger partial charge in [-0.3, -0.25) is 19.3 Å². The predicted molar refractivity (Wildman–Crippen MR) is 123 cm³/mol. The lowest BCUT2D eigenvalue weighted by atomic mass is 9.91. The van der Waals surface area contributed by atoms with Crippen molar-refractivity contribution in [3.63, 3.8) is 0 Å². The van der Waals surface area contributed by atoms with Crippen LogP contribution in [-0.4, -0.2) is 48.3 Å². The number of ether oxygens (including phenoxy) is 2. The lowest BCUT2D eigenvalue weighted by Crippen LogP contribution is -2.41. The SMILES string of the molecule is CC(=O)N[C@H](C)c1ccc(C(=O)CN2C(=O)N[C@](C)(c3ccc4c(c3)OCCCO4)C2=O)cc1. The van der Waals surface area contributed by atoms with Crippen molar-refractivity contribution < 1.29 is 28.7 Å². The summed E-state index contributed by atoms with van der Waals surface area (Å²) in [4.78, 5) is 51.0. The highest BCUT2D eigenvalue weighted by Gasteiger charge is 2.49. The Morgan fingerprint density at radius 1 is 1.09 bits per heavy atom. The Kier molecular flexibility index (Phi) is 6.28. The maximum Gasteiger partial charge on any atom is 0.325 e. The largest absolute Gasteiger partial charge is 0.490 e. The molecule has 0 saturated carbocycles. The van der Waals surface area contributed by atoms with E-state index in [9.17, 15) is 19.2 Å². The highest BCUT2D eigenvalue weighted by molar-refractivity contribution is 6.11. The first kappa shape index (κ1) is 23.3. The molecule has 0 spiro atoms. The van der Waals surface area contributed by atoms with Gasteiger partial charge in [-0.05, 0) is 37.1 Å². The molecule has 2 N–H and O–H groups in total. The zero-order valence-corrected chi connectivity index (χ0v) is 19.3. The first-order valence-corrected chi connectivity index (χ1v) is 11.1. The molecule has 1 fully saturated rings. The number of hydrogen-bond acceptors (Lipinski definition) is 6. The summed E-state index contributed by atoms with van der Waals surface area (Å²) < 4.78 is 11.4. The standard InChI is InChI=1S/C25H27N3O6/c1-15(26-16(2)29)17-5-7-18(8-6-17)20(30)14-28-23(31)25(3,27-24(28)32)19-9-10-21-22(13-19)34-12-4-11-33-21/h5-10,13,15H,4,11-12,14H2,1-3H3,(H,26,29)(H,27,32)/t15-,25-/m1/s1. The predicted octanol–water partition coefficient (Wildman–Crippen LogP) is 2.69. The number of carbonyl (C=O) groups is 4. The van der Waals surface area contributed by atoms with Crippen LogP contribution >= 0.6 is 0 Å². The first-order chi connectivity index (χ1) is 16.2. The van der Waals surface area contributed by atoms with E-state index in [1.54, 1.807) is 49.4 Å². The maximum absolute atomic E-state index is 13.3. The molecule has 2 heterocycles. The van der Waals surface area contributed by atoms with Crippen LogP contribution in [0.2, 0.25) is 0 Å². The monoisotopic (exact) mass is 465 g/mol. The molecular weight excluding hydrogens is 438 g/mol. The fraction of sp³-hybridized carbons (Fsp3) is 0.360. The molecule has 2 aromatic carbocycles. The molecule has 2 atom stereocenters. The number of Topliss-reactive ketones (excluding diaryl/α,β-unsaturated/α-hetero) is 1. The minimum atomic E-state index is -1.33. The summed E-state index contributed by atoms with van der Waals surface area (Å²) in [6.07, 6.45) is 0.750. The van der Waals surface area contributed by atoms with Crippen LogP contribution in [-0.2, 0) is 15.1 Å². The van der Waals surface area contributed by atoms with Crippen molar-refractivity contribution in [3.05, 3.63) is 59.2 Å². The van der Waals surface area contributed by atoms with E-state index in [-0.39, 0.29) is 24.3 Å². The fourth-order valence-corrected chi connectivity index (χ4v) is 4.09. The van der Waals surface area contributed by atoms with Gasteiger partial charge in [0.15, 0.2) is 17.3 Å². The Labute approximate surface area is 197 Å². The zero-order chi connectivity index (χ0) is 24.5. The van der Waals surface area contributed by atoms with Gasteiger partial charge < -0.3 is 20.1 Å². The van der Waals surface area contributed by atoms with Crippen LogP contribution < -0.4 is 20.1 Å². The summed E-state index contributed by atoms with van der Waals surface area (Å²) in [7, 11) is 0. The number of nitrogens with zero attached hydrogens (tertiary/aromatic N) is 1. The minimum Gasteiger partial charge on any atom is -0.490 e. The molecule has 34 heavy (non-hydrogen) atoms. The van der Waals surface area contributed by atoms with Crippen molar-refractivity contribution in [2.75, 3.05) is 19.8 Å². The van der Waals surface area contributed by atoms with Crippen LogP contribution in [0.15, 0.2) is 42.5 Å². The van der Waals surface area contributed by atoms with E-state index in [0.29, 0.717) is 35.8 Å². The number of ketones is 1. The Morgan fingerprint density at radius 3 is 2.44 bits per heavy atom. The van der Waals surface area contributed by atoms with Gasteiger partial charge in [0.2, 0.25) is 5.91 Å². The van der Waals surface area contributed by atoms with Gasteiger partial charge in [-0.15, -0.1) is 0 Å². The molecule has 0 unspecified atom stereocenters. The number of carbonyl (C=O) groups excluding carboxylic acids is 4. The van der Waals surface area contributed by atoms with Crippen molar-refractivity contribution in [2.45, 2.75) is 38.8 Å². The van der Waals surface area contributed by atoms with Gasteiger partial charge in [0, 0.05) is 18.9 Å². The number of urea groups is 1. The van der Waals surface area contributed by atoms with Crippen LogP contribution in [0.5, 0.6) is 11.5 Å². The van der Waals surface area contributed by atoms with E-state index in [1.807, 2.05) is 6.92 Å². The second-order valence-corrected chi connectivity index (χ2v) is 8.63. The summed E-state index contributed by atoms with van der Waals surface area (Å²) in [6, 6.07) is 11.0. The van der Waals surface area contributed by atoms with Crippen LogP contribution in [0.25, 0.3) is 0 Å². The van der Waals surface area contributed by atoms with Crippen LogP contribution in [0.4, 0.5) is 4.79 Å². The Bertz CT molecular complexity index is 1150. The highest BCUT2D eigenvalue weighted by atomic mass is 16.5. The van der Waals surface area contributed by atoms with E-state index in [2.05, 4.69) is 10.6 Å². The number of fused-ring (bicyclic) bond motifs is 1. The lowest BCUT2D eigenvalue weighted by molar-refractivity contribution is -0.130. The molecule has 0 aliphatic carbocycles. The quantitative estimate of drug-likeness (QED) is 0.501. The first-order valence-electron chi connectivity index (χ1n) is 11.1. The van der Waals surface area contributed by atoms with Crippen molar-refractivity contribution in [3.8, 4) is 11.5 Å². The molecule has 2 aliphatic rings. The Balaban J connectivity index is 1.49. The molecule has 1 saturated heterocycles. The number of amides is 4. The molecule has 9 nitrogen and oxygen atoms in total. The third-order valence-corrected chi connectivity index (χ3v) is 6.05. The normalized spacial score (nSPS) is 20.4. The number of imide groups is 1. The number of hydrogen-bond donors (Lipinski definition) is 2. The van der Waals surface area contributed by atoms with Gasteiger partial charge in [0.05, 0.1) is 25.8 Å². The smallest absolute Gasteiger partial charge is 0.325 e. The minimum absolute atomic E-state index is 0.150. The van der Waals surface area contributed by atoms with Crippen molar-refractivity contribution in [2.24, 2.45) is 0 Å². The number of benzene rings is 2. The summed E-state index contributed by atoms with van der Waals surface area (Å²) in [5.74, 6) is 0.0653. The van der Waals surface area contributed by atoms with Gasteiger partial charge in [0.1, 0.15) is 5.54 Å². The van der Waals surface area contributed by atoms with Gasteiger partial charge in [-0.1, -0.05) is 30.3 Å². The fourth-order valence-electron chi connectivity index (χ4n) is 4.09. The topological polar surface area (TPSA) is 114 Å². The van der Waals surface area contributed by atoms with E-state index in [4.69, 9.17) is 9.47 Å². The van der Waals surface area contributed by atoms with E-state index < -0.39 is 17.5 Å². The summed E-state index contributed by atoms with van der Waals surface area (Å²) in [6.45, 7) is 5.54. The maximum atomic E-state index is 13.3. The van der Waals surface area contributed by atoms with Crippen LogP contribution in [0, 0.1) is 0 Å². The zero-order valence-electron chi connectivity index (χ0n) is 19.3. The Morgan fingerprint density at radius 2 is 1.76 bits per heavy atom. The van der Waals surface area contributed by atoms with E-state index in [1.165, 1.54) is 6.92 Å². The summed E-state index contributed by atoms with van der Waals surface area (Å²) in [5.41, 5.74) is 0.410. The van der Waals surface area contributed by atoms with Crippen molar-refractivity contribution >= 4 is 23.6 Å². The molecule has 2 aromatic rings. The average Bonchev–Trinajstić information content (AvgIpc) is 2.97. The molecule has 0 radical (unpaired) electrons.